The van der Waals surface area contributed by atoms with E-state index in [0.29, 0.717) is 36.2 Å². The number of halogens is 1. The highest BCUT2D eigenvalue weighted by atomic mass is 35.5. The van der Waals surface area contributed by atoms with Crippen LogP contribution in [0.5, 0.6) is 5.75 Å². The van der Waals surface area contributed by atoms with Crippen LogP contribution < -0.4 is 21.1 Å². The Hall–Kier alpha value is -3.21. The SMILES string of the molecule is CC(O)c1c(Cl)nc(N)nc1N1CCOc2ccc(-c3cnc4sc(N)nc4c3)cc2C1. The number of rotatable bonds is 3. The first-order valence-corrected chi connectivity index (χ1v) is 11.1. The third-order valence-electron chi connectivity index (χ3n) is 5.25. The number of anilines is 3. The third-order valence-corrected chi connectivity index (χ3v) is 6.35. The number of thiazole rings is 1. The Morgan fingerprint density at radius 2 is 2.03 bits per heavy atom. The smallest absolute Gasteiger partial charge is 0.223 e. The third kappa shape index (κ3) is 3.77. The molecule has 3 aromatic heterocycles. The second-order valence-corrected chi connectivity index (χ2v) is 8.85. The van der Waals surface area contributed by atoms with Gasteiger partial charge in [-0.2, -0.15) is 4.98 Å². The average molecular weight is 470 g/mol. The molecule has 9 nitrogen and oxygen atoms in total. The van der Waals surface area contributed by atoms with E-state index in [0.717, 1.165) is 32.8 Å². The Bertz CT molecular complexity index is 1330. The van der Waals surface area contributed by atoms with Gasteiger partial charge in [-0.05, 0) is 30.7 Å². The number of nitrogen functional groups attached to an aromatic ring is 2. The van der Waals surface area contributed by atoms with Gasteiger partial charge >= 0.3 is 0 Å². The van der Waals surface area contributed by atoms with Crippen LogP contribution in [0.2, 0.25) is 5.15 Å². The van der Waals surface area contributed by atoms with Crippen molar-refractivity contribution in [3.63, 3.8) is 0 Å². The maximum atomic E-state index is 10.3. The van der Waals surface area contributed by atoms with Crippen LogP contribution in [0.3, 0.4) is 0 Å². The van der Waals surface area contributed by atoms with Crippen molar-refractivity contribution >= 4 is 50.2 Å². The van der Waals surface area contributed by atoms with Crippen LogP contribution in [0.25, 0.3) is 21.5 Å². The first kappa shape index (κ1) is 20.7. The van der Waals surface area contributed by atoms with Crippen LogP contribution in [0.1, 0.15) is 24.2 Å². The minimum atomic E-state index is -0.851. The van der Waals surface area contributed by atoms with Crippen LogP contribution in [0.15, 0.2) is 30.5 Å². The highest BCUT2D eigenvalue weighted by molar-refractivity contribution is 7.21. The zero-order valence-corrected chi connectivity index (χ0v) is 18.7. The van der Waals surface area contributed by atoms with Crippen molar-refractivity contribution in [1.29, 1.82) is 0 Å². The summed E-state index contributed by atoms with van der Waals surface area (Å²) in [5.74, 6) is 1.34. The second kappa shape index (κ2) is 8.05. The molecule has 1 aliphatic rings. The maximum Gasteiger partial charge on any atom is 0.223 e. The molecule has 5 N–H and O–H groups in total. The van der Waals surface area contributed by atoms with Crippen LogP contribution >= 0.6 is 22.9 Å². The lowest BCUT2D eigenvalue weighted by atomic mass is 10.0. The largest absolute Gasteiger partial charge is 0.491 e. The van der Waals surface area contributed by atoms with E-state index in [1.807, 2.05) is 29.3 Å². The highest BCUT2D eigenvalue weighted by Gasteiger charge is 2.24. The molecule has 0 amide bonds. The molecular weight excluding hydrogens is 450 g/mol. The molecule has 1 aliphatic heterocycles. The van der Waals surface area contributed by atoms with Crippen LogP contribution in [-0.2, 0) is 6.54 Å². The van der Waals surface area contributed by atoms with Crippen LogP contribution in [-0.4, -0.2) is 38.2 Å². The second-order valence-electron chi connectivity index (χ2n) is 7.48. The predicted octanol–water partition coefficient (Wildman–Crippen LogP) is 3.42. The van der Waals surface area contributed by atoms with Gasteiger partial charge in [0, 0.05) is 23.9 Å². The minimum Gasteiger partial charge on any atom is -0.491 e. The van der Waals surface area contributed by atoms with Gasteiger partial charge in [-0.3, -0.25) is 0 Å². The summed E-state index contributed by atoms with van der Waals surface area (Å²) in [5, 5.41) is 10.9. The molecule has 0 spiro atoms. The molecule has 1 unspecified atom stereocenters. The average Bonchev–Trinajstić information content (AvgIpc) is 2.98. The lowest BCUT2D eigenvalue weighted by molar-refractivity contribution is 0.199. The van der Waals surface area contributed by atoms with Gasteiger partial charge < -0.3 is 26.2 Å². The van der Waals surface area contributed by atoms with Crippen LogP contribution in [0, 0.1) is 0 Å². The van der Waals surface area contributed by atoms with Gasteiger partial charge in [0.05, 0.1) is 18.2 Å². The zero-order chi connectivity index (χ0) is 22.4. The molecule has 5 rings (SSSR count). The predicted molar refractivity (Wildman–Crippen MR) is 126 cm³/mol. The number of nitrogens with two attached hydrogens (primary N) is 2. The molecule has 0 radical (unpaired) electrons. The fraction of sp³-hybridized carbons (Fsp3) is 0.238. The standard InChI is InChI=1S/C21H20ClN7O2S/c1-10(30)16-17(22)27-20(23)28-18(16)29-4-5-31-15-3-2-11(6-13(15)9-29)12-7-14-19(25-8-12)32-21(24)26-14/h2-3,6-8,10,30H,4-5,9H2,1H3,(H2,24,26)(H2,23,27,28). The van der Waals surface area contributed by atoms with Gasteiger partial charge in [0.15, 0.2) is 5.13 Å². The molecular formula is C21H20ClN7O2S. The summed E-state index contributed by atoms with van der Waals surface area (Å²) < 4.78 is 5.97. The van der Waals surface area contributed by atoms with Gasteiger partial charge in [-0.1, -0.05) is 29.0 Å². The van der Waals surface area contributed by atoms with Gasteiger partial charge in [-0.15, -0.1) is 0 Å². The molecule has 0 fully saturated rings. The van der Waals surface area contributed by atoms with E-state index in [2.05, 4.69) is 26.0 Å². The number of aliphatic hydroxyl groups is 1. The van der Waals surface area contributed by atoms with E-state index in [-0.39, 0.29) is 11.1 Å². The van der Waals surface area contributed by atoms with Crippen molar-refractivity contribution in [2.75, 3.05) is 29.5 Å². The lowest BCUT2D eigenvalue weighted by Crippen LogP contribution is -2.28. The maximum absolute atomic E-state index is 10.3. The van der Waals surface area contributed by atoms with Gasteiger partial charge in [-0.25, -0.2) is 15.0 Å². The minimum absolute atomic E-state index is 0.0513. The number of nitrogens with zero attached hydrogens (tertiary/aromatic N) is 5. The molecule has 0 bridgehead atoms. The molecule has 0 saturated heterocycles. The van der Waals surface area contributed by atoms with Crippen LogP contribution in [0.4, 0.5) is 16.9 Å². The molecule has 11 heteroatoms. The summed E-state index contributed by atoms with van der Waals surface area (Å²) in [6.45, 7) is 3.11. The van der Waals surface area contributed by atoms with Gasteiger partial charge in [0.1, 0.15) is 33.7 Å². The number of benzene rings is 1. The normalized spacial score (nSPS) is 14.7. The number of hydrogen-bond donors (Lipinski definition) is 3. The first-order valence-electron chi connectivity index (χ1n) is 9.93. The fourth-order valence-electron chi connectivity index (χ4n) is 3.80. The first-order chi connectivity index (χ1) is 15.4. The van der Waals surface area contributed by atoms with E-state index >= 15 is 0 Å². The summed E-state index contributed by atoms with van der Waals surface area (Å²) in [7, 11) is 0. The van der Waals surface area contributed by atoms with Crippen molar-refractivity contribution in [3.05, 3.63) is 46.7 Å². The highest BCUT2D eigenvalue weighted by Crippen LogP contribution is 2.35. The Morgan fingerprint density at radius 1 is 1.19 bits per heavy atom. The van der Waals surface area contributed by atoms with E-state index in [9.17, 15) is 5.11 Å². The summed E-state index contributed by atoms with van der Waals surface area (Å²) in [6, 6.07) is 7.97. The number of aliphatic hydroxyl groups excluding tert-OH is 1. The molecule has 0 saturated carbocycles. The number of fused-ring (bicyclic) bond motifs is 2. The van der Waals surface area contributed by atoms with Crippen molar-refractivity contribution in [1.82, 2.24) is 19.9 Å². The summed E-state index contributed by atoms with van der Waals surface area (Å²) in [5.41, 5.74) is 15.7. The van der Waals surface area contributed by atoms with Crippen molar-refractivity contribution in [3.8, 4) is 16.9 Å². The van der Waals surface area contributed by atoms with E-state index < -0.39 is 6.10 Å². The molecule has 1 aromatic carbocycles. The summed E-state index contributed by atoms with van der Waals surface area (Å²) in [4.78, 5) is 20.0. The van der Waals surface area contributed by atoms with E-state index in [4.69, 9.17) is 27.8 Å². The van der Waals surface area contributed by atoms with E-state index in [1.165, 1.54) is 11.3 Å². The van der Waals surface area contributed by atoms with Crippen molar-refractivity contribution in [2.24, 2.45) is 0 Å². The summed E-state index contributed by atoms with van der Waals surface area (Å²) >= 11 is 7.64. The quantitative estimate of drug-likeness (QED) is 0.385. The summed E-state index contributed by atoms with van der Waals surface area (Å²) in [6.07, 6.45) is 0.962. The topological polar surface area (TPSA) is 136 Å². The number of aromatic nitrogens is 4. The monoisotopic (exact) mass is 469 g/mol. The number of hydrogen-bond acceptors (Lipinski definition) is 10. The fourth-order valence-corrected chi connectivity index (χ4v) is 4.79. The molecule has 0 aliphatic carbocycles. The number of ether oxygens (including phenoxy) is 1. The molecule has 1 atom stereocenters. The molecule has 4 aromatic rings. The Morgan fingerprint density at radius 3 is 2.84 bits per heavy atom. The van der Waals surface area contributed by atoms with Gasteiger partial charge in [0.25, 0.3) is 0 Å². The Balaban J connectivity index is 1.54. The lowest BCUT2D eigenvalue weighted by Gasteiger charge is -2.25. The molecule has 4 heterocycles. The van der Waals surface area contributed by atoms with E-state index in [1.54, 1.807) is 6.92 Å². The molecule has 164 valence electrons. The molecule has 32 heavy (non-hydrogen) atoms. The van der Waals surface area contributed by atoms with Gasteiger partial charge in [0.2, 0.25) is 5.95 Å². The van der Waals surface area contributed by atoms with Crippen molar-refractivity contribution < 1.29 is 9.84 Å². The Kier molecular flexibility index (Phi) is 5.20. The van der Waals surface area contributed by atoms with Crippen molar-refractivity contribution in [2.45, 2.75) is 19.6 Å². The number of pyridine rings is 1. The zero-order valence-electron chi connectivity index (χ0n) is 17.1. The Labute approximate surface area is 192 Å².